The zero-order chi connectivity index (χ0) is 13.9. The van der Waals surface area contributed by atoms with Gasteiger partial charge in [0, 0.05) is 25.2 Å². The second-order valence-electron chi connectivity index (χ2n) is 5.88. The molecule has 1 saturated carbocycles. The van der Waals surface area contributed by atoms with Gasteiger partial charge in [0.25, 0.3) is 0 Å². The van der Waals surface area contributed by atoms with Crippen molar-refractivity contribution in [1.29, 1.82) is 0 Å². The van der Waals surface area contributed by atoms with Crippen molar-refractivity contribution in [3.8, 4) is 0 Å². The fourth-order valence-corrected chi connectivity index (χ4v) is 2.94. The molecule has 0 spiro atoms. The van der Waals surface area contributed by atoms with Gasteiger partial charge in [0.2, 0.25) is 5.91 Å². The minimum absolute atomic E-state index is 0.0695. The molecule has 3 nitrogen and oxygen atoms in total. The van der Waals surface area contributed by atoms with Crippen molar-refractivity contribution in [2.24, 2.45) is 0 Å². The molecule has 1 N–H and O–H groups in total. The molecule has 0 aromatic heterocycles. The zero-order valence-electron chi connectivity index (χ0n) is 11.6. The normalized spacial score (nSPS) is 20.9. The Morgan fingerprint density at radius 1 is 1.20 bits per heavy atom. The molecule has 1 aliphatic heterocycles. The quantitative estimate of drug-likeness (QED) is 0.913. The summed E-state index contributed by atoms with van der Waals surface area (Å²) in [4.78, 5) is 14.5. The first kappa shape index (κ1) is 13.6. The topological polar surface area (TPSA) is 32.3 Å². The van der Waals surface area contributed by atoms with E-state index in [2.05, 4.69) is 10.2 Å². The summed E-state index contributed by atoms with van der Waals surface area (Å²) in [5.41, 5.74) is 0.473. The van der Waals surface area contributed by atoms with Crippen molar-refractivity contribution in [1.82, 2.24) is 10.2 Å². The van der Waals surface area contributed by atoms with E-state index in [1.807, 2.05) is 0 Å². The number of benzene rings is 1. The fraction of sp³-hybridized carbons (Fsp3) is 0.562. The van der Waals surface area contributed by atoms with E-state index in [9.17, 15) is 9.18 Å². The number of carbonyl (C=O) groups excluding carboxylic acids is 1. The third-order valence-corrected chi connectivity index (χ3v) is 4.27. The summed E-state index contributed by atoms with van der Waals surface area (Å²) in [7, 11) is 0. The first-order chi connectivity index (χ1) is 9.72. The maximum atomic E-state index is 13.5. The minimum atomic E-state index is -0.300. The van der Waals surface area contributed by atoms with Gasteiger partial charge in [-0.1, -0.05) is 18.2 Å². The van der Waals surface area contributed by atoms with Crippen LogP contribution in [0.15, 0.2) is 24.3 Å². The molecule has 1 aromatic carbocycles. The lowest BCUT2D eigenvalue weighted by molar-refractivity contribution is -0.121. The molecule has 0 unspecified atom stereocenters. The second kappa shape index (κ2) is 5.92. The molecule has 1 aliphatic carbocycles. The maximum absolute atomic E-state index is 13.5. The molecule has 4 heteroatoms. The highest BCUT2D eigenvalue weighted by Crippen LogP contribution is 2.29. The van der Waals surface area contributed by atoms with Crippen molar-refractivity contribution >= 4 is 5.91 Å². The lowest BCUT2D eigenvalue weighted by Crippen LogP contribution is -2.45. The summed E-state index contributed by atoms with van der Waals surface area (Å²) < 4.78 is 13.5. The van der Waals surface area contributed by atoms with Crippen molar-refractivity contribution in [2.45, 2.75) is 44.2 Å². The molecule has 1 amide bonds. The van der Waals surface area contributed by atoms with Gasteiger partial charge in [-0.15, -0.1) is 0 Å². The average Bonchev–Trinajstić information content (AvgIpc) is 3.27. The summed E-state index contributed by atoms with van der Waals surface area (Å²) >= 11 is 0. The van der Waals surface area contributed by atoms with Crippen LogP contribution in [0.25, 0.3) is 0 Å². The molecular formula is C16H21FN2O. The average molecular weight is 276 g/mol. The molecule has 1 heterocycles. The number of piperidine rings is 1. The Bertz CT molecular complexity index is 479. The number of carbonyl (C=O) groups is 1. The van der Waals surface area contributed by atoms with E-state index in [4.69, 9.17) is 0 Å². The Hall–Kier alpha value is -1.42. The number of hydrogen-bond donors (Lipinski definition) is 1. The first-order valence-electron chi connectivity index (χ1n) is 7.49. The van der Waals surface area contributed by atoms with Crippen molar-refractivity contribution < 1.29 is 9.18 Å². The molecule has 0 bridgehead atoms. The van der Waals surface area contributed by atoms with Crippen LogP contribution in [0.3, 0.4) is 0 Å². The Morgan fingerprint density at radius 2 is 1.90 bits per heavy atom. The molecule has 1 saturated heterocycles. The molecule has 2 aliphatic rings. The third kappa shape index (κ3) is 3.37. The van der Waals surface area contributed by atoms with Gasteiger partial charge in [-0.05, 0) is 37.3 Å². The first-order valence-corrected chi connectivity index (χ1v) is 7.49. The van der Waals surface area contributed by atoms with Crippen LogP contribution in [0.5, 0.6) is 0 Å². The van der Waals surface area contributed by atoms with Gasteiger partial charge < -0.3 is 10.2 Å². The van der Waals surface area contributed by atoms with Crippen LogP contribution in [0.4, 0.5) is 4.39 Å². The Kier molecular flexibility index (Phi) is 4.01. The molecule has 2 fully saturated rings. The van der Waals surface area contributed by atoms with Gasteiger partial charge in [-0.3, -0.25) is 4.79 Å². The number of nitrogens with zero attached hydrogens (tertiary/aromatic N) is 1. The highest BCUT2D eigenvalue weighted by atomic mass is 19.1. The SMILES string of the molecule is O=C(Cc1ccccc1F)NC1CCN(C2CC2)CC1. The van der Waals surface area contributed by atoms with Crippen LogP contribution in [0.2, 0.25) is 0 Å². The van der Waals surface area contributed by atoms with Gasteiger partial charge in [0.05, 0.1) is 6.42 Å². The number of hydrogen-bond acceptors (Lipinski definition) is 2. The monoisotopic (exact) mass is 276 g/mol. The van der Waals surface area contributed by atoms with Gasteiger partial charge in [-0.2, -0.15) is 0 Å². The molecule has 1 aromatic rings. The largest absolute Gasteiger partial charge is 0.353 e. The second-order valence-corrected chi connectivity index (χ2v) is 5.88. The number of likely N-dealkylation sites (tertiary alicyclic amines) is 1. The van der Waals surface area contributed by atoms with Crippen molar-refractivity contribution in [2.75, 3.05) is 13.1 Å². The lowest BCUT2D eigenvalue weighted by Gasteiger charge is -2.32. The number of rotatable bonds is 4. The number of amides is 1. The van der Waals surface area contributed by atoms with Gasteiger partial charge in [0.1, 0.15) is 5.82 Å². The summed E-state index contributed by atoms with van der Waals surface area (Å²) in [6.45, 7) is 2.16. The van der Waals surface area contributed by atoms with E-state index >= 15 is 0 Å². The van der Waals surface area contributed by atoms with Crippen LogP contribution in [-0.4, -0.2) is 36.0 Å². The summed E-state index contributed by atoms with van der Waals surface area (Å²) in [6.07, 6.45) is 4.84. The predicted molar refractivity (Wildman–Crippen MR) is 75.9 cm³/mol. The highest BCUT2D eigenvalue weighted by molar-refractivity contribution is 5.78. The van der Waals surface area contributed by atoms with E-state index in [1.54, 1.807) is 18.2 Å². The molecule has 20 heavy (non-hydrogen) atoms. The summed E-state index contributed by atoms with van der Waals surface area (Å²) in [6, 6.07) is 7.54. The van der Waals surface area contributed by atoms with Crippen molar-refractivity contribution in [3.05, 3.63) is 35.6 Å². The van der Waals surface area contributed by atoms with E-state index in [0.29, 0.717) is 5.56 Å². The number of halogens is 1. The lowest BCUT2D eigenvalue weighted by atomic mass is 10.0. The molecule has 0 atom stereocenters. The third-order valence-electron chi connectivity index (χ3n) is 4.27. The van der Waals surface area contributed by atoms with Gasteiger partial charge >= 0.3 is 0 Å². The summed E-state index contributed by atoms with van der Waals surface area (Å²) in [5, 5.41) is 3.04. The van der Waals surface area contributed by atoms with Gasteiger partial charge in [0.15, 0.2) is 0 Å². The van der Waals surface area contributed by atoms with E-state index < -0.39 is 0 Å². The Balaban J connectivity index is 1.46. The van der Waals surface area contributed by atoms with Crippen LogP contribution in [0.1, 0.15) is 31.2 Å². The molecule has 108 valence electrons. The maximum Gasteiger partial charge on any atom is 0.224 e. The van der Waals surface area contributed by atoms with Gasteiger partial charge in [-0.25, -0.2) is 4.39 Å². The molecule has 3 rings (SSSR count). The van der Waals surface area contributed by atoms with Crippen LogP contribution in [-0.2, 0) is 11.2 Å². The van der Waals surface area contributed by atoms with E-state index in [-0.39, 0.29) is 24.2 Å². The van der Waals surface area contributed by atoms with Crippen LogP contribution >= 0.6 is 0 Å². The Labute approximate surface area is 119 Å². The van der Waals surface area contributed by atoms with Crippen molar-refractivity contribution in [3.63, 3.8) is 0 Å². The molecule has 0 radical (unpaired) electrons. The molecular weight excluding hydrogens is 255 g/mol. The predicted octanol–water partition coefficient (Wildman–Crippen LogP) is 2.11. The van der Waals surface area contributed by atoms with Crippen LogP contribution < -0.4 is 5.32 Å². The fourth-order valence-electron chi connectivity index (χ4n) is 2.94. The number of nitrogens with one attached hydrogen (secondary N) is 1. The zero-order valence-corrected chi connectivity index (χ0v) is 11.6. The van der Waals surface area contributed by atoms with E-state index in [0.717, 1.165) is 32.0 Å². The van der Waals surface area contributed by atoms with E-state index in [1.165, 1.54) is 18.9 Å². The highest BCUT2D eigenvalue weighted by Gasteiger charge is 2.32. The standard InChI is InChI=1S/C16H21FN2O/c17-15-4-2-1-3-12(15)11-16(20)18-13-7-9-19(10-8-13)14-5-6-14/h1-4,13-14H,5-11H2,(H,18,20). The Morgan fingerprint density at radius 3 is 2.55 bits per heavy atom. The smallest absolute Gasteiger partial charge is 0.224 e. The minimum Gasteiger partial charge on any atom is -0.353 e. The summed E-state index contributed by atoms with van der Waals surface area (Å²) in [5.74, 6) is -0.369. The van der Waals surface area contributed by atoms with Crippen LogP contribution in [0, 0.1) is 5.82 Å².